The average Bonchev–Trinajstić information content (AvgIpc) is 3.09. The molecule has 1 heterocycles. The molecular formula is C21H35N5O. The number of likely N-dealkylation sites (N-methyl/N-ethyl adjacent to an activating group) is 2. The van der Waals surface area contributed by atoms with Gasteiger partial charge in [0.2, 0.25) is 5.91 Å². The number of carbonyl (C=O) groups is 1. The Hall–Kier alpha value is -2.08. The van der Waals surface area contributed by atoms with Gasteiger partial charge in [-0.1, -0.05) is 30.7 Å². The first-order valence-electron chi connectivity index (χ1n) is 9.93. The van der Waals surface area contributed by atoms with Crippen LogP contribution in [0.15, 0.2) is 23.2 Å². The van der Waals surface area contributed by atoms with Gasteiger partial charge in [0.1, 0.15) is 0 Å². The van der Waals surface area contributed by atoms with Gasteiger partial charge < -0.3 is 15.5 Å². The summed E-state index contributed by atoms with van der Waals surface area (Å²) < 4.78 is 0. The van der Waals surface area contributed by atoms with E-state index < -0.39 is 0 Å². The van der Waals surface area contributed by atoms with Crippen LogP contribution < -0.4 is 10.6 Å². The van der Waals surface area contributed by atoms with Crippen LogP contribution in [0.3, 0.4) is 0 Å². The number of amides is 1. The molecule has 1 aromatic carbocycles. The standard InChI is InChI=1S/C21H35N5O/c1-6-26-11-7-8-19(26)14-23-21(24-15-20(27)25(4)5)22-13-18-10-9-16(2)12-17(18)3/h9-10,12,19H,6-8,11,13-15H2,1-5H3,(H2,22,23,24). The molecule has 1 saturated heterocycles. The molecule has 0 saturated carbocycles. The Morgan fingerprint density at radius 2 is 2.07 bits per heavy atom. The molecule has 1 fully saturated rings. The Morgan fingerprint density at radius 1 is 1.30 bits per heavy atom. The molecule has 1 aliphatic rings. The van der Waals surface area contributed by atoms with Crippen LogP contribution in [0.5, 0.6) is 0 Å². The number of nitrogens with one attached hydrogen (secondary N) is 2. The minimum absolute atomic E-state index is 0.0343. The van der Waals surface area contributed by atoms with Crippen molar-refractivity contribution in [3.05, 3.63) is 34.9 Å². The van der Waals surface area contributed by atoms with Crippen molar-refractivity contribution in [2.45, 2.75) is 46.2 Å². The van der Waals surface area contributed by atoms with Crippen LogP contribution >= 0.6 is 0 Å². The van der Waals surface area contributed by atoms with E-state index in [0.29, 0.717) is 18.5 Å². The topological polar surface area (TPSA) is 60.0 Å². The third-order valence-electron chi connectivity index (χ3n) is 5.22. The highest BCUT2D eigenvalue weighted by molar-refractivity contribution is 5.86. The molecule has 2 rings (SSSR count). The van der Waals surface area contributed by atoms with Crippen molar-refractivity contribution in [3.63, 3.8) is 0 Å². The number of aryl methyl sites for hydroxylation is 2. The lowest BCUT2D eigenvalue weighted by atomic mass is 10.1. The van der Waals surface area contributed by atoms with Gasteiger partial charge in [-0.2, -0.15) is 0 Å². The lowest BCUT2D eigenvalue weighted by molar-refractivity contribution is -0.127. The van der Waals surface area contributed by atoms with E-state index in [0.717, 1.165) is 13.1 Å². The summed E-state index contributed by atoms with van der Waals surface area (Å²) in [5.41, 5.74) is 3.71. The zero-order valence-corrected chi connectivity index (χ0v) is 17.5. The molecule has 1 aliphatic heterocycles. The van der Waals surface area contributed by atoms with Crippen molar-refractivity contribution >= 4 is 11.9 Å². The van der Waals surface area contributed by atoms with E-state index in [2.05, 4.69) is 54.5 Å². The van der Waals surface area contributed by atoms with Crippen LogP contribution in [0.2, 0.25) is 0 Å². The van der Waals surface area contributed by atoms with Gasteiger partial charge in [0.15, 0.2) is 5.96 Å². The van der Waals surface area contributed by atoms with Crippen LogP contribution in [0, 0.1) is 13.8 Å². The molecule has 150 valence electrons. The minimum atomic E-state index is 0.0343. The van der Waals surface area contributed by atoms with Gasteiger partial charge in [0.25, 0.3) is 0 Å². The average molecular weight is 374 g/mol. The van der Waals surface area contributed by atoms with Gasteiger partial charge in [0.05, 0.1) is 13.1 Å². The second-order valence-electron chi connectivity index (χ2n) is 7.54. The number of benzene rings is 1. The smallest absolute Gasteiger partial charge is 0.241 e. The van der Waals surface area contributed by atoms with Crippen molar-refractivity contribution in [3.8, 4) is 0 Å². The molecule has 1 aromatic rings. The molecule has 6 nitrogen and oxygen atoms in total. The van der Waals surface area contributed by atoms with Crippen molar-refractivity contribution in [2.75, 3.05) is 40.3 Å². The Bertz CT molecular complexity index is 656. The van der Waals surface area contributed by atoms with Crippen molar-refractivity contribution in [2.24, 2.45) is 4.99 Å². The summed E-state index contributed by atoms with van der Waals surface area (Å²) >= 11 is 0. The van der Waals surface area contributed by atoms with Gasteiger partial charge in [0, 0.05) is 26.7 Å². The Balaban J connectivity index is 2.02. The highest BCUT2D eigenvalue weighted by Gasteiger charge is 2.22. The van der Waals surface area contributed by atoms with E-state index in [-0.39, 0.29) is 12.5 Å². The van der Waals surface area contributed by atoms with Crippen LogP contribution in [-0.4, -0.2) is 68.0 Å². The molecule has 0 aromatic heterocycles. The quantitative estimate of drug-likeness (QED) is 0.566. The number of carbonyl (C=O) groups excluding carboxylic acids is 1. The molecule has 0 aliphatic carbocycles. The fourth-order valence-electron chi connectivity index (χ4n) is 3.44. The van der Waals surface area contributed by atoms with E-state index >= 15 is 0 Å². The summed E-state index contributed by atoms with van der Waals surface area (Å²) in [4.78, 5) is 20.8. The van der Waals surface area contributed by atoms with Gasteiger partial charge >= 0.3 is 0 Å². The predicted molar refractivity (Wildman–Crippen MR) is 112 cm³/mol. The Kier molecular flexibility index (Phi) is 8.10. The molecule has 1 atom stereocenters. The van der Waals surface area contributed by atoms with Crippen molar-refractivity contribution in [1.82, 2.24) is 20.4 Å². The monoisotopic (exact) mass is 373 g/mol. The Labute approximate surface area is 164 Å². The molecule has 27 heavy (non-hydrogen) atoms. The molecular weight excluding hydrogens is 338 g/mol. The van der Waals surface area contributed by atoms with E-state index in [9.17, 15) is 4.79 Å². The number of guanidine groups is 1. The van der Waals surface area contributed by atoms with E-state index in [4.69, 9.17) is 4.99 Å². The normalized spacial score (nSPS) is 17.8. The summed E-state index contributed by atoms with van der Waals surface area (Å²) in [6.07, 6.45) is 2.46. The second-order valence-corrected chi connectivity index (χ2v) is 7.54. The van der Waals surface area contributed by atoms with Crippen LogP contribution in [0.1, 0.15) is 36.5 Å². The predicted octanol–water partition coefficient (Wildman–Crippen LogP) is 1.91. The highest BCUT2D eigenvalue weighted by atomic mass is 16.2. The van der Waals surface area contributed by atoms with E-state index in [1.165, 1.54) is 36.1 Å². The van der Waals surface area contributed by atoms with E-state index in [1.54, 1.807) is 19.0 Å². The number of hydrogen-bond acceptors (Lipinski definition) is 3. The summed E-state index contributed by atoms with van der Waals surface area (Å²) in [6.45, 7) is 10.4. The first-order valence-corrected chi connectivity index (χ1v) is 9.93. The molecule has 1 amide bonds. The van der Waals surface area contributed by atoms with Gasteiger partial charge in [-0.25, -0.2) is 4.99 Å². The first kappa shape index (κ1) is 21.2. The maximum absolute atomic E-state index is 11.9. The largest absolute Gasteiger partial charge is 0.355 e. The van der Waals surface area contributed by atoms with Crippen LogP contribution in [0.4, 0.5) is 0 Å². The fourth-order valence-corrected chi connectivity index (χ4v) is 3.44. The van der Waals surface area contributed by atoms with Gasteiger partial charge in [-0.15, -0.1) is 0 Å². The van der Waals surface area contributed by atoms with Crippen molar-refractivity contribution < 1.29 is 4.79 Å². The van der Waals surface area contributed by atoms with Crippen molar-refractivity contribution in [1.29, 1.82) is 0 Å². The molecule has 0 spiro atoms. The number of nitrogens with zero attached hydrogens (tertiary/aromatic N) is 3. The van der Waals surface area contributed by atoms with Crippen LogP contribution in [-0.2, 0) is 11.3 Å². The second kappa shape index (κ2) is 10.3. The summed E-state index contributed by atoms with van der Waals surface area (Å²) in [5.74, 6) is 0.736. The molecule has 0 radical (unpaired) electrons. The lowest BCUT2D eigenvalue weighted by Crippen LogP contribution is -2.47. The maximum Gasteiger partial charge on any atom is 0.241 e. The third kappa shape index (κ3) is 6.54. The third-order valence-corrected chi connectivity index (χ3v) is 5.22. The van der Waals surface area contributed by atoms with Gasteiger partial charge in [-0.05, 0) is 50.9 Å². The molecule has 2 N–H and O–H groups in total. The SMILES string of the molecule is CCN1CCCC1CNC(=NCc1ccc(C)cc1C)NCC(=O)N(C)C. The molecule has 1 unspecified atom stereocenters. The van der Waals surface area contributed by atoms with Gasteiger partial charge in [-0.3, -0.25) is 9.69 Å². The number of hydrogen-bond donors (Lipinski definition) is 2. The summed E-state index contributed by atoms with van der Waals surface area (Å²) in [6, 6.07) is 6.96. The first-order chi connectivity index (χ1) is 12.9. The number of likely N-dealkylation sites (tertiary alicyclic amines) is 1. The zero-order valence-electron chi connectivity index (χ0n) is 17.5. The zero-order chi connectivity index (χ0) is 19.8. The minimum Gasteiger partial charge on any atom is -0.355 e. The summed E-state index contributed by atoms with van der Waals surface area (Å²) in [7, 11) is 3.53. The lowest BCUT2D eigenvalue weighted by Gasteiger charge is -2.24. The fraction of sp³-hybridized carbons (Fsp3) is 0.619. The Morgan fingerprint density at radius 3 is 2.74 bits per heavy atom. The number of rotatable bonds is 7. The maximum atomic E-state index is 11.9. The number of aliphatic imine (C=N–C) groups is 1. The summed E-state index contributed by atoms with van der Waals surface area (Å²) in [5, 5.41) is 6.64. The van der Waals surface area contributed by atoms with E-state index in [1.807, 2.05) is 0 Å². The van der Waals surface area contributed by atoms with Crippen LogP contribution in [0.25, 0.3) is 0 Å². The highest BCUT2D eigenvalue weighted by Crippen LogP contribution is 2.15. The molecule has 0 bridgehead atoms. The molecule has 6 heteroatoms.